The van der Waals surface area contributed by atoms with Crippen LogP contribution in [-0.4, -0.2) is 54.0 Å². The molecule has 0 saturated heterocycles. The van der Waals surface area contributed by atoms with E-state index in [1.165, 1.54) is 49.1 Å². The Morgan fingerprint density at radius 3 is 0.838 bits per heavy atom. The van der Waals surface area contributed by atoms with Crippen molar-refractivity contribution in [3.05, 3.63) is 120 Å². The molecule has 193 valence electrons. The maximum Gasteiger partial charge on any atom is 2.00 e. The molecular formula is C24H18CuN4O8. The van der Waals surface area contributed by atoms with Gasteiger partial charge in [0, 0.05) is 24.8 Å². The van der Waals surface area contributed by atoms with E-state index < -0.39 is 23.9 Å². The van der Waals surface area contributed by atoms with Crippen LogP contribution in [0.5, 0.6) is 0 Å². The van der Waals surface area contributed by atoms with Crippen molar-refractivity contribution in [1.29, 1.82) is 0 Å². The second-order valence-corrected chi connectivity index (χ2v) is 6.05. The Kier molecular flexibility index (Phi) is 15.9. The van der Waals surface area contributed by atoms with Gasteiger partial charge in [-0.2, -0.15) is 0 Å². The normalized spacial score (nSPS) is 8.65. The molecule has 4 aromatic rings. The van der Waals surface area contributed by atoms with E-state index in [9.17, 15) is 29.4 Å². The minimum Gasteiger partial charge on any atom is -0.543 e. The molecule has 13 heteroatoms. The first-order valence-electron chi connectivity index (χ1n) is 9.75. The van der Waals surface area contributed by atoms with E-state index in [0.717, 1.165) is 0 Å². The number of nitrogens with zero attached hydrogens (tertiary/aromatic N) is 4. The number of aromatic carboxylic acids is 4. The molecule has 12 nitrogen and oxygen atoms in total. The largest absolute Gasteiger partial charge is 2.00 e. The fraction of sp³-hybridized carbons (Fsp3) is 0. The van der Waals surface area contributed by atoms with Gasteiger partial charge in [0.2, 0.25) is 0 Å². The standard InChI is InChI=1S/4C6H5NO2.Cu/c4*8-6(9)5-3-1-2-4-7-5;/h4*1-4H,(H,8,9);/q;;;;+2/p-2. The van der Waals surface area contributed by atoms with Crippen LogP contribution in [0.3, 0.4) is 0 Å². The van der Waals surface area contributed by atoms with Crippen LogP contribution in [0.4, 0.5) is 0 Å². The summed E-state index contributed by atoms with van der Waals surface area (Å²) < 4.78 is 0. The molecule has 0 aliphatic carbocycles. The number of carboxylic acid groups (broad SMARTS) is 4. The van der Waals surface area contributed by atoms with Gasteiger partial charge >= 0.3 is 29.0 Å². The Bertz CT molecular complexity index is 1030. The molecule has 0 unspecified atom stereocenters. The number of rotatable bonds is 4. The van der Waals surface area contributed by atoms with Gasteiger partial charge in [-0.3, -0.25) is 9.97 Å². The number of hydrogen-bond donors (Lipinski definition) is 2. The van der Waals surface area contributed by atoms with Crippen molar-refractivity contribution in [2.45, 2.75) is 0 Å². The van der Waals surface area contributed by atoms with Gasteiger partial charge < -0.3 is 30.0 Å². The Hall–Kier alpha value is -5.00. The van der Waals surface area contributed by atoms with E-state index in [4.69, 9.17) is 10.2 Å². The molecule has 0 amide bonds. The van der Waals surface area contributed by atoms with Crippen molar-refractivity contribution in [3.63, 3.8) is 0 Å². The van der Waals surface area contributed by atoms with Crippen molar-refractivity contribution in [1.82, 2.24) is 19.9 Å². The van der Waals surface area contributed by atoms with E-state index in [0.29, 0.717) is 0 Å². The van der Waals surface area contributed by atoms with Gasteiger partial charge in [0.1, 0.15) is 11.4 Å². The van der Waals surface area contributed by atoms with Crippen molar-refractivity contribution in [2.24, 2.45) is 0 Å². The van der Waals surface area contributed by atoms with Gasteiger partial charge in [-0.25, -0.2) is 19.6 Å². The van der Waals surface area contributed by atoms with E-state index in [1.54, 1.807) is 48.5 Å². The van der Waals surface area contributed by atoms with Crippen LogP contribution in [0, 0.1) is 0 Å². The molecule has 37 heavy (non-hydrogen) atoms. The quantitative estimate of drug-likeness (QED) is 0.330. The maximum atomic E-state index is 10.1. The summed E-state index contributed by atoms with van der Waals surface area (Å²) in [6.45, 7) is 0. The summed E-state index contributed by atoms with van der Waals surface area (Å²) in [5, 5.41) is 36.7. The van der Waals surface area contributed by atoms with Crippen LogP contribution in [0.1, 0.15) is 42.0 Å². The second-order valence-electron chi connectivity index (χ2n) is 6.05. The average Bonchev–Trinajstić information content (AvgIpc) is 2.92. The minimum absolute atomic E-state index is 0. The zero-order chi connectivity index (χ0) is 26.8. The van der Waals surface area contributed by atoms with Crippen LogP contribution in [0.15, 0.2) is 97.6 Å². The van der Waals surface area contributed by atoms with Crippen LogP contribution in [-0.2, 0) is 17.1 Å². The fourth-order valence-electron chi connectivity index (χ4n) is 1.95. The van der Waals surface area contributed by atoms with Gasteiger partial charge in [0.15, 0.2) is 0 Å². The molecule has 0 bridgehead atoms. The molecular weight excluding hydrogens is 536 g/mol. The molecule has 0 spiro atoms. The Morgan fingerprint density at radius 1 is 0.486 bits per heavy atom. The molecule has 0 saturated carbocycles. The monoisotopic (exact) mass is 553 g/mol. The first-order valence-corrected chi connectivity index (χ1v) is 9.75. The zero-order valence-corrected chi connectivity index (χ0v) is 19.6. The number of carbonyl (C=O) groups is 4. The molecule has 2 N–H and O–H groups in total. The Morgan fingerprint density at radius 2 is 0.730 bits per heavy atom. The summed E-state index contributed by atoms with van der Waals surface area (Å²) in [5.74, 6) is -4.46. The number of hydrogen-bond acceptors (Lipinski definition) is 10. The predicted octanol–water partition coefficient (Wildman–Crippen LogP) is 0.447. The zero-order valence-electron chi connectivity index (χ0n) is 18.7. The summed E-state index contributed by atoms with van der Waals surface area (Å²) in [4.78, 5) is 54.5. The minimum atomic E-state index is -1.24. The number of carbonyl (C=O) groups excluding carboxylic acids is 2. The van der Waals surface area contributed by atoms with Crippen molar-refractivity contribution in [3.8, 4) is 0 Å². The maximum absolute atomic E-state index is 10.1. The number of aromatic nitrogens is 4. The SMILES string of the molecule is O=C(O)c1ccccn1.O=C(O)c1ccccn1.O=C([O-])c1ccccn1.O=C([O-])c1ccccn1.[Cu+2]. The molecule has 0 fully saturated rings. The summed E-state index contributed by atoms with van der Waals surface area (Å²) in [5.41, 5.74) is 0.102. The third kappa shape index (κ3) is 14.1. The number of carboxylic acids is 4. The average molecular weight is 554 g/mol. The molecule has 0 atom stereocenters. The van der Waals surface area contributed by atoms with Crippen molar-refractivity contribution >= 4 is 23.9 Å². The van der Waals surface area contributed by atoms with Crippen LogP contribution in [0.2, 0.25) is 0 Å². The Labute approximate surface area is 220 Å². The molecule has 0 aliphatic rings. The van der Waals surface area contributed by atoms with Crippen LogP contribution >= 0.6 is 0 Å². The van der Waals surface area contributed by atoms with Gasteiger partial charge in [-0.05, 0) is 48.5 Å². The van der Waals surface area contributed by atoms with Crippen LogP contribution in [0.25, 0.3) is 0 Å². The second kappa shape index (κ2) is 18.3. The van der Waals surface area contributed by atoms with E-state index in [1.807, 2.05) is 0 Å². The van der Waals surface area contributed by atoms with Crippen molar-refractivity contribution in [2.75, 3.05) is 0 Å². The van der Waals surface area contributed by atoms with Gasteiger partial charge in [-0.1, -0.05) is 24.3 Å². The van der Waals surface area contributed by atoms with Gasteiger partial charge in [-0.15, -0.1) is 0 Å². The first kappa shape index (κ1) is 32.0. The van der Waals surface area contributed by atoms with Crippen molar-refractivity contribution < 1.29 is 56.7 Å². The summed E-state index contributed by atoms with van der Waals surface area (Å²) in [7, 11) is 0. The first-order chi connectivity index (χ1) is 17.2. The van der Waals surface area contributed by atoms with E-state index in [2.05, 4.69) is 19.9 Å². The summed E-state index contributed by atoms with van der Waals surface area (Å²) >= 11 is 0. The van der Waals surface area contributed by atoms with Crippen LogP contribution < -0.4 is 10.2 Å². The molecule has 0 aliphatic heterocycles. The van der Waals surface area contributed by atoms with Gasteiger partial charge in [0.05, 0.1) is 23.3 Å². The fourth-order valence-corrected chi connectivity index (χ4v) is 1.95. The number of pyridine rings is 4. The molecule has 1 radical (unpaired) electrons. The molecule has 0 aromatic carbocycles. The summed E-state index contributed by atoms with van der Waals surface area (Å²) in [6, 6.07) is 18.8. The molecule has 4 rings (SSSR count). The van der Waals surface area contributed by atoms with Gasteiger partial charge in [0.25, 0.3) is 0 Å². The predicted molar refractivity (Wildman–Crippen MR) is 120 cm³/mol. The third-order valence-electron chi connectivity index (χ3n) is 3.52. The topological polar surface area (TPSA) is 206 Å². The molecule has 4 aromatic heterocycles. The third-order valence-corrected chi connectivity index (χ3v) is 3.52. The summed E-state index contributed by atoms with van der Waals surface area (Å²) in [6.07, 6.45) is 5.71. The van der Waals surface area contributed by atoms with E-state index >= 15 is 0 Å². The Balaban J connectivity index is 0.000000463. The molecule has 4 heterocycles. The van der Waals surface area contributed by atoms with E-state index in [-0.39, 0.29) is 39.8 Å². The smallest absolute Gasteiger partial charge is 0.543 e.